The number of hydrogen-bond donors (Lipinski definition) is 2. The molecule has 2 unspecified atom stereocenters. The number of nitrogens with zero attached hydrogens (tertiary/aromatic N) is 4. The molecule has 4 rings (SSSR count). The van der Waals surface area contributed by atoms with Crippen molar-refractivity contribution in [3.63, 3.8) is 0 Å². The third kappa shape index (κ3) is 5.37. The first kappa shape index (κ1) is 24.1. The van der Waals surface area contributed by atoms with Gasteiger partial charge in [0, 0.05) is 39.3 Å². The van der Waals surface area contributed by atoms with Crippen molar-refractivity contribution < 1.29 is 14.3 Å². The molecule has 2 aliphatic rings. The molecule has 34 heavy (non-hydrogen) atoms. The first-order valence-corrected chi connectivity index (χ1v) is 11.9. The molecule has 3 N–H and O–H groups in total. The van der Waals surface area contributed by atoms with E-state index in [1.165, 1.54) is 12.6 Å². The lowest BCUT2D eigenvalue weighted by Gasteiger charge is -2.23. The van der Waals surface area contributed by atoms with Gasteiger partial charge in [0.25, 0.3) is 11.8 Å². The lowest BCUT2D eigenvalue weighted by Crippen LogP contribution is -2.35. The van der Waals surface area contributed by atoms with Crippen molar-refractivity contribution in [1.29, 1.82) is 0 Å². The molecule has 0 bridgehead atoms. The lowest BCUT2D eigenvalue weighted by atomic mass is 10.0. The topological polar surface area (TPSA) is 114 Å². The highest BCUT2D eigenvalue weighted by Gasteiger charge is 2.42. The summed E-state index contributed by atoms with van der Waals surface area (Å²) in [6.07, 6.45) is 0.927. The molecule has 2 aliphatic heterocycles. The average molecular weight is 467 g/mol. The largest absolute Gasteiger partial charge is 0.453 e. The highest BCUT2D eigenvalue weighted by molar-refractivity contribution is 5.96. The fraction of sp³-hybridized carbons (Fsp3) is 0.520. The molecular formula is C25H34N6O3. The number of carbonyl (C=O) groups is 2. The van der Waals surface area contributed by atoms with Crippen molar-refractivity contribution in [3.8, 4) is 6.01 Å². The molecule has 9 heteroatoms. The molecule has 0 aliphatic carbocycles. The van der Waals surface area contributed by atoms with Gasteiger partial charge in [-0.3, -0.25) is 9.59 Å². The zero-order chi connectivity index (χ0) is 24.2. The number of carbonyl (C=O) groups excluding carboxylic acids is 2. The van der Waals surface area contributed by atoms with E-state index in [1.807, 2.05) is 23.1 Å². The van der Waals surface area contributed by atoms with Crippen LogP contribution in [-0.4, -0.2) is 78.0 Å². The summed E-state index contributed by atoms with van der Waals surface area (Å²) in [7, 11) is 1.54. The quantitative estimate of drug-likeness (QED) is 0.603. The SMILES string of the molecule is CNC(=O)COc1nc(C)c(C(=O)N2CC3CN(CC[C@H](N)c4ccccc4)CC3C2)c(C)n1. The van der Waals surface area contributed by atoms with Gasteiger partial charge in [0.1, 0.15) is 0 Å². The number of hydrogen-bond acceptors (Lipinski definition) is 7. The van der Waals surface area contributed by atoms with Crippen LogP contribution in [0.25, 0.3) is 0 Å². The van der Waals surface area contributed by atoms with Crippen molar-refractivity contribution in [1.82, 2.24) is 25.1 Å². The number of aromatic nitrogens is 2. The molecule has 2 amide bonds. The number of aryl methyl sites for hydroxylation is 2. The maximum absolute atomic E-state index is 13.3. The molecule has 2 aromatic rings. The van der Waals surface area contributed by atoms with Crippen molar-refractivity contribution in [3.05, 3.63) is 52.8 Å². The van der Waals surface area contributed by atoms with E-state index in [9.17, 15) is 9.59 Å². The highest BCUT2D eigenvalue weighted by Crippen LogP contribution is 2.33. The minimum absolute atomic E-state index is 0.0279. The number of benzene rings is 1. The van der Waals surface area contributed by atoms with Crippen LogP contribution in [0, 0.1) is 25.7 Å². The van der Waals surface area contributed by atoms with E-state index in [2.05, 4.69) is 32.3 Å². The van der Waals surface area contributed by atoms with Gasteiger partial charge in [0.05, 0.1) is 17.0 Å². The van der Waals surface area contributed by atoms with Crippen molar-refractivity contribution >= 4 is 11.8 Å². The molecular weight excluding hydrogens is 432 g/mol. The smallest absolute Gasteiger partial charge is 0.317 e. The third-order valence-electron chi connectivity index (χ3n) is 6.91. The van der Waals surface area contributed by atoms with Crippen LogP contribution >= 0.6 is 0 Å². The number of likely N-dealkylation sites (tertiary alicyclic amines) is 2. The Kier molecular flexibility index (Phi) is 7.43. The predicted molar refractivity (Wildman–Crippen MR) is 128 cm³/mol. The standard InChI is InChI=1S/C25H34N6O3/c1-16-23(17(2)29-25(28-16)34-15-22(32)27-3)24(33)31-13-19-11-30(12-20(19)14-31)10-9-21(26)18-7-5-4-6-8-18/h4-8,19-21H,9-15,26H2,1-3H3,(H,27,32)/t19?,20?,21-/m0/s1. The van der Waals surface area contributed by atoms with Gasteiger partial charge in [0.15, 0.2) is 6.61 Å². The fourth-order valence-corrected chi connectivity index (χ4v) is 5.05. The Morgan fingerprint density at radius 3 is 2.29 bits per heavy atom. The Labute approximate surface area is 200 Å². The molecule has 0 radical (unpaired) electrons. The Morgan fingerprint density at radius 2 is 1.71 bits per heavy atom. The monoisotopic (exact) mass is 466 g/mol. The second kappa shape index (κ2) is 10.5. The second-order valence-electron chi connectivity index (χ2n) is 9.31. The molecule has 0 spiro atoms. The Hall–Kier alpha value is -3.04. The molecule has 9 nitrogen and oxygen atoms in total. The average Bonchev–Trinajstić information content (AvgIpc) is 3.40. The highest BCUT2D eigenvalue weighted by atomic mass is 16.5. The van der Waals surface area contributed by atoms with Gasteiger partial charge in [-0.2, -0.15) is 9.97 Å². The number of amides is 2. The summed E-state index contributed by atoms with van der Waals surface area (Å²) >= 11 is 0. The van der Waals surface area contributed by atoms with Crippen molar-refractivity contribution in [2.75, 3.05) is 46.4 Å². The van der Waals surface area contributed by atoms with E-state index in [0.717, 1.165) is 39.1 Å². The summed E-state index contributed by atoms with van der Waals surface area (Å²) in [6.45, 7) is 7.86. The second-order valence-corrected chi connectivity index (χ2v) is 9.31. The van der Waals surface area contributed by atoms with Gasteiger partial charge in [0.2, 0.25) is 0 Å². The van der Waals surface area contributed by atoms with Crippen LogP contribution in [0.3, 0.4) is 0 Å². The number of nitrogens with two attached hydrogens (primary N) is 1. The number of nitrogens with one attached hydrogen (secondary N) is 1. The Balaban J connectivity index is 1.31. The van der Waals surface area contributed by atoms with Gasteiger partial charge in [-0.25, -0.2) is 0 Å². The zero-order valence-electron chi connectivity index (χ0n) is 20.2. The van der Waals surface area contributed by atoms with Gasteiger partial charge in [-0.15, -0.1) is 0 Å². The van der Waals surface area contributed by atoms with E-state index < -0.39 is 0 Å². The number of fused-ring (bicyclic) bond motifs is 1. The van der Waals surface area contributed by atoms with Crippen LogP contribution in [-0.2, 0) is 4.79 Å². The van der Waals surface area contributed by atoms with Crippen LogP contribution in [0.4, 0.5) is 0 Å². The minimum Gasteiger partial charge on any atom is -0.453 e. The lowest BCUT2D eigenvalue weighted by molar-refractivity contribution is -0.122. The summed E-state index contributed by atoms with van der Waals surface area (Å²) in [4.78, 5) is 37.7. The summed E-state index contributed by atoms with van der Waals surface area (Å²) in [5, 5.41) is 2.48. The normalized spacial score (nSPS) is 20.8. The van der Waals surface area contributed by atoms with Crippen molar-refractivity contribution in [2.24, 2.45) is 17.6 Å². The third-order valence-corrected chi connectivity index (χ3v) is 6.91. The zero-order valence-corrected chi connectivity index (χ0v) is 20.2. The van der Waals surface area contributed by atoms with E-state index in [1.54, 1.807) is 13.8 Å². The summed E-state index contributed by atoms with van der Waals surface area (Å²) in [6, 6.07) is 10.4. The van der Waals surface area contributed by atoms with Gasteiger partial charge >= 0.3 is 6.01 Å². The molecule has 3 atom stereocenters. The number of rotatable bonds is 8. The first-order chi connectivity index (χ1) is 16.4. The van der Waals surface area contributed by atoms with E-state index in [4.69, 9.17) is 10.5 Å². The van der Waals surface area contributed by atoms with Crippen LogP contribution in [0.15, 0.2) is 30.3 Å². The van der Waals surface area contributed by atoms with Crippen molar-refractivity contribution in [2.45, 2.75) is 26.3 Å². The first-order valence-electron chi connectivity index (χ1n) is 11.9. The maximum Gasteiger partial charge on any atom is 0.317 e. The summed E-state index contributed by atoms with van der Waals surface area (Å²) < 4.78 is 5.35. The Morgan fingerprint density at radius 1 is 1.09 bits per heavy atom. The van der Waals surface area contributed by atoms with Gasteiger partial charge in [-0.05, 0) is 44.2 Å². The van der Waals surface area contributed by atoms with E-state index >= 15 is 0 Å². The fourth-order valence-electron chi connectivity index (χ4n) is 5.05. The van der Waals surface area contributed by atoms with Gasteiger partial charge in [-0.1, -0.05) is 30.3 Å². The van der Waals surface area contributed by atoms with Crippen LogP contribution in [0.1, 0.15) is 39.8 Å². The summed E-state index contributed by atoms with van der Waals surface area (Å²) in [5.74, 6) is 0.667. The molecule has 1 aromatic heterocycles. The minimum atomic E-state index is -0.265. The number of likely N-dealkylation sites (N-methyl/N-ethyl adjacent to an activating group) is 1. The molecule has 1 aromatic carbocycles. The molecule has 0 saturated carbocycles. The Bertz CT molecular complexity index is 994. The van der Waals surface area contributed by atoms with Gasteiger partial charge < -0.3 is 25.6 Å². The van der Waals surface area contributed by atoms with Crippen LogP contribution in [0.5, 0.6) is 6.01 Å². The molecule has 3 heterocycles. The molecule has 2 saturated heterocycles. The molecule has 2 fully saturated rings. The van der Waals surface area contributed by atoms with E-state index in [0.29, 0.717) is 28.8 Å². The van der Waals surface area contributed by atoms with E-state index in [-0.39, 0.29) is 30.5 Å². The van der Waals surface area contributed by atoms with Crippen LogP contribution in [0.2, 0.25) is 0 Å². The predicted octanol–water partition coefficient (Wildman–Crippen LogP) is 1.31. The number of ether oxygens (including phenoxy) is 1. The summed E-state index contributed by atoms with van der Waals surface area (Å²) in [5.41, 5.74) is 9.21. The molecule has 182 valence electrons. The maximum atomic E-state index is 13.3. The van der Waals surface area contributed by atoms with Crippen LogP contribution < -0.4 is 15.8 Å².